The number of ether oxygens (including phenoxy) is 1. The minimum atomic E-state index is -0.669. The highest BCUT2D eigenvalue weighted by molar-refractivity contribution is 7.15. The molecular formula is C21H22N4O3S. The molecule has 7 nitrogen and oxygen atoms in total. The second-order valence-corrected chi connectivity index (χ2v) is 8.34. The molecule has 1 saturated heterocycles. The van der Waals surface area contributed by atoms with E-state index >= 15 is 0 Å². The number of carbonyl (C=O) groups excluding carboxylic acids is 2. The van der Waals surface area contributed by atoms with Gasteiger partial charge in [0.1, 0.15) is 5.75 Å². The van der Waals surface area contributed by atoms with E-state index in [-0.39, 0.29) is 24.8 Å². The van der Waals surface area contributed by atoms with Gasteiger partial charge in [-0.05, 0) is 31.4 Å². The number of piperidine rings is 1. The Bertz CT molecular complexity index is 1020. The highest BCUT2D eigenvalue weighted by Gasteiger charge is 2.36. The van der Waals surface area contributed by atoms with Crippen LogP contribution in [0.25, 0.3) is 4.96 Å². The predicted octanol–water partition coefficient (Wildman–Crippen LogP) is 2.75. The lowest BCUT2D eigenvalue weighted by Crippen LogP contribution is -2.53. The Kier molecular flexibility index (Phi) is 4.71. The van der Waals surface area contributed by atoms with Gasteiger partial charge in [0.15, 0.2) is 11.1 Å². The van der Waals surface area contributed by atoms with Crippen molar-refractivity contribution in [3.05, 3.63) is 47.7 Å². The number of fused-ring (bicyclic) bond motifs is 2. The van der Waals surface area contributed by atoms with Crippen LogP contribution in [0, 0.1) is 0 Å². The third kappa shape index (κ3) is 3.48. The summed E-state index contributed by atoms with van der Waals surface area (Å²) in [7, 11) is 0. The fourth-order valence-corrected chi connectivity index (χ4v) is 4.75. The number of carbonyl (C=O) groups is 2. The van der Waals surface area contributed by atoms with E-state index in [2.05, 4.69) is 4.98 Å². The zero-order valence-electron chi connectivity index (χ0n) is 16.0. The van der Waals surface area contributed by atoms with Gasteiger partial charge in [0, 0.05) is 30.9 Å². The van der Waals surface area contributed by atoms with Gasteiger partial charge in [-0.3, -0.25) is 14.0 Å². The molecule has 1 aromatic carbocycles. The number of para-hydroxylation sites is 2. The fraction of sp³-hybridized carbons (Fsp3) is 0.381. The largest absolute Gasteiger partial charge is 0.476 e. The Morgan fingerprint density at radius 3 is 2.83 bits per heavy atom. The molecule has 0 aliphatic carbocycles. The Labute approximate surface area is 172 Å². The van der Waals surface area contributed by atoms with E-state index in [1.165, 1.54) is 11.3 Å². The maximum Gasteiger partial charge on any atom is 0.265 e. The number of nitrogens with zero attached hydrogens (tertiary/aromatic N) is 4. The van der Waals surface area contributed by atoms with Gasteiger partial charge in [-0.15, -0.1) is 11.3 Å². The molecule has 0 spiro atoms. The SMILES string of the molecule is O=C([C@@H]1CN(C(=O)Cc2cn3ccsc3n2)c2ccccc2O1)N1CCCCC1. The molecule has 1 fully saturated rings. The fourth-order valence-electron chi connectivity index (χ4n) is 4.03. The van der Waals surface area contributed by atoms with Crippen molar-refractivity contribution in [1.82, 2.24) is 14.3 Å². The first-order valence-corrected chi connectivity index (χ1v) is 10.8. The number of amides is 2. The van der Waals surface area contributed by atoms with Gasteiger partial charge in [0.2, 0.25) is 5.91 Å². The van der Waals surface area contributed by atoms with E-state index in [0.29, 0.717) is 11.4 Å². The highest BCUT2D eigenvalue weighted by atomic mass is 32.1. The molecule has 0 N–H and O–H groups in total. The topological polar surface area (TPSA) is 67.2 Å². The lowest BCUT2D eigenvalue weighted by Gasteiger charge is -2.37. The van der Waals surface area contributed by atoms with Crippen LogP contribution in [-0.2, 0) is 16.0 Å². The van der Waals surface area contributed by atoms with Crippen molar-refractivity contribution >= 4 is 33.8 Å². The molecule has 4 heterocycles. The van der Waals surface area contributed by atoms with Gasteiger partial charge in [-0.1, -0.05) is 12.1 Å². The summed E-state index contributed by atoms with van der Waals surface area (Å²) >= 11 is 1.54. The molecule has 29 heavy (non-hydrogen) atoms. The van der Waals surface area contributed by atoms with Gasteiger partial charge in [-0.25, -0.2) is 4.98 Å². The van der Waals surface area contributed by atoms with E-state index in [1.54, 1.807) is 4.90 Å². The van der Waals surface area contributed by atoms with Crippen LogP contribution in [0.4, 0.5) is 5.69 Å². The lowest BCUT2D eigenvalue weighted by atomic mass is 10.1. The minimum Gasteiger partial charge on any atom is -0.476 e. The summed E-state index contributed by atoms with van der Waals surface area (Å²) in [6, 6.07) is 7.42. The maximum absolute atomic E-state index is 13.2. The molecular weight excluding hydrogens is 388 g/mol. The van der Waals surface area contributed by atoms with Crippen LogP contribution >= 0.6 is 11.3 Å². The molecule has 3 aromatic rings. The Morgan fingerprint density at radius 1 is 1.17 bits per heavy atom. The Morgan fingerprint density at radius 2 is 2.00 bits per heavy atom. The number of hydrogen-bond acceptors (Lipinski definition) is 5. The molecule has 0 unspecified atom stereocenters. The molecule has 2 amide bonds. The van der Waals surface area contributed by atoms with Crippen LogP contribution < -0.4 is 9.64 Å². The van der Waals surface area contributed by atoms with Crippen molar-refractivity contribution in [2.24, 2.45) is 0 Å². The van der Waals surface area contributed by atoms with E-state index in [4.69, 9.17) is 4.74 Å². The third-order valence-electron chi connectivity index (χ3n) is 5.49. The first-order chi connectivity index (χ1) is 14.2. The van der Waals surface area contributed by atoms with E-state index in [9.17, 15) is 9.59 Å². The number of aromatic nitrogens is 2. The summed E-state index contributed by atoms with van der Waals surface area (Å²) in [5.41, 5.74) is 1.44. The van der Waals surface area contributed by atoms with Crippen molar-refractivity contribution in [3.8, 4) is 5.75 Å². The molecule has 0 saturated carbocycles. The minimum absolute atomic E-state index is 0.0282. The molecule has 0 bridgehead atoms. The molecule has 8 heteroatoms. The van der Waals surface area contributed by atoms with E-state index < -0.39 is 6.10 Å². The average molecular weight is 410 g/mol. The van der Waals surface area contributed by atoms with Gasteiger partial charge in [0.25, 0.3) is 5.91 Å². The third-order valence-corrected chi connectivity index (χ3v) is 6.26. The lowest BCUT2D eigenvalue weighted by molar-refractivity contribution is -0.139. The number of anilines is 1. The first kappa shape index (κ1) is 18.2. The summed E-state index contributed by atoms with van der Waals surface area (Å²) in [6.07, 6.45) is 6.53. The Hall–Kier alpha value is -2.87. The number of rotatable bonds is 3. The number of thiazole rings is 1. The second kappa shape index (κ2) is 7.51. The van der Waals surface area contributed by atoms with Gasteiger partial charge in [0.05, 0.1) is 24.3 Å². The highest BCUT2D eigenvalue weighted by Crippen LogP contribution is 2.34. The van der Waals surface area contributed by atoms with Crippen LogP contribution in [0.3, 0.4) is 0 Å². The van der Waals surface area contributed by atoms with Gasteiger partial charge in [-0.2, -0.15) is 0 Å². The zero-order chi connectivity index (χ0) is 19.8. The predicted molar refractivity (Wildman–Crippen MR) is 110 cm³/mol. The molecule has 5 rings (SSSR count). The standard InChI is InChI=1S/C21H22N4O3S/c26-19(12-15-13-24-10-11-29-21(24)22-15)25-14-18(20(27)23-8-4-1-5-9-23)28-17-7-3-2-6-16(17)25/h2-3,6-7,10-11,13,18H,1,4-5,8-9,12,14H2/t18-/m0/s1. The smallest absolute Gasteiger partial charge is 0.265 e. The summed E-state index contributed by atoms with van der Waals surface area (Å²) < 4.78 is 7.93. The number of benzene rings is 1. The molecule has 2 aliphatic heterocycles. The van der Waals surface area contributed by atoms with Gasteiger partial charge >= 0.3 is 0 Å². The summed E-state index contributed by atoms with van der Waals surface area (Å²) in [4.78, 5) is 35.1. The molecule has 150 valence electrons. The number of hydrogen-bond donors (Lipinski definition) is 0. The monoisotopic (exact) mass is 410 g/mol. The Balaban J connectivity index is 1.38. The first-order valence-electron chi connectivity index (χ1n) is 9.95. The molecule has 2 aromatic heterocycles. The van der Waals surface area contributed by atoms with E-state index in [0.717, 1.165) is 43.0 Å². The summed E-state index contributed by atoms with van der Waals surface area (Å²) in [6.45, 7) is 1.76. The molecule has 0 radical (unpaired) electrons. The van der Waals surface area contributed by atoms with Crippen molar-refractivity contribution in [2.75, 3.05) is 24.5 Å². The van der Waals surface area contributed by atoms with Crippen LogP contribution in [0.5, 0.6) is 5.75 Å². The molecule has 2 aliphatic rings. The van der Waals surface area contributed by atoms with Crippen LogP contribution in [0.2, 0.25) is 0 Å². The zero-order valence-corrected chi connectivity index (χ0v) is 16.8. The summed E-state index contributed by atoms with van der Waals surface area (Å²) in [5.74, 6) is 0.468. The number of likely N-dealkylation sites (tertiary alicyclic amines) is 1. The van der Waals surface area contributed by atoms with Crippen molar-refractivity contribution in [3.63, 3.8) is 0 Å². The second-order valence-electron chi connectivity index (χ2n) is 7.47. The van der Waals surface area contributed by atoms with Crippen molar-refractivity contribution in [2.45, 2.75) is 31.8 Å². The van der Waals surface area contributed by atoms with Crippen LogP contribution in [0.1, 0.15) is 25.0 Å². The number of imidazole rings is 1. The molecule has 1 atom stereocenters. The van der Waals surface area contributed by atoms with Crippen molar-refractivity contribution in [1.29, 1.82) is 0 Å². The maximum atomic E-state index is 13.2. The van der Waals surface area contributed by atoms with E-state index in [1.807, 2.05) is 51.3 Å². The van der Waals surface area contributed by atoms with Crippen molar-refractivity contribution < 1.29 is 14.3 Å². The summed E-state index contributed by atoms with van der Waals surface area (Å²) in [5, 5.41) is 1.96. The van der Waals surface area contributed by atoms with Gasteiger partial charge < -0.3 is 14.5 Å². The van der Waals surface area contributed by atoms with Crippen LogP contribution in [-0.4, -0.2) is 51.8 Å². The quantitative estimate of drug-likeness (QED) is 0.666. The average Bonchev–Trinajstić information content (AvgIpc) is 3.34. The van der Waals surface area contributed by atoms with Crippen LogP contribution in [0.15, 0.2) is 42.0 Å². The normalized spacial score (nSPS) is 19.1.